The van der Waals surface area contributed by atoms with Crippen LogP contribution in [-0.4, -0.2) is 18.8 Å². The summed E-state index contributed by atoms with van der Waals surface area (Å²) in [5.41, 5.74) is 2.66. The Labute approximate surface area is 130 Å². The van der Waals surface area contributed by atoms with Crippen LogP contribution in [0.2, 0.25) is 0 Å². The van der Waals surface area contributed by atoms with Gasteiger partial charge in [0.25, 0.3) is 0 Å². The van der Waals surface area contributed by atoms with Gasteiger partial charge in [-0.05, 0) is 38.8 Å². The van der Waals surface area contributed by atoms with Crippen LogP contribution >= 0.6 is 0 Å². The molecule has 1 aliphatic carbocycles. The van der Waals surface area contributed by atoms with Gasteiger partial charge in [0.2, 0.25) is 0 Å². The highest BCUT2D eigenvalue weighted by atomic mass is 16.5. The molecule has 1 aliphatic rings. The van der Waals surface area contributed by atoms with Crippen molar-refractivity contribution in [1.29, 1.82) is 0 Å². The van der Waals surface area contributed by atoms with Gasteiger partial charge in [-0.1, -0.05) is 62.4 Å². The fraction of sp³-hybridized carbons (Fsp3) is 0.684. The first-order chi connectivity index (χ1) is 10.2. The van der Waals surface area contributed by atoms with Gasteiger partial charge in [-0.3, -0.25) is 0 Å². The first-order valence-electron chi connectivity index (χ1n) is 8.66. The monoisotopic (exact) mass is 289 g/mol. The average Bonchev–Trinajstić information content (AvgIpc) is 2.73. The Bertz CT molecular complexity index is 404. The Kier molecular flexibility index (Phi) is 6.25. The number of likely N-dealkylation sites (N-methyl/N-ethyl adjacent to an activating group) is 1. The maximum absolute atomic E-state index is 6.39. The Morgan fingerprint density at radius 2 is 1.67 bits per heavy atom. The number of rotatable bonds is 6. The quantitative estimate of drug-likeness (QED) is 0.761. The van der Waals surface area contributed by atoms with E-state index in [9.17, 15) is 0 Å². The second-order valence-electron chi connectivity index (χ2n) is 6.31. The minimum Gasteiger partial charge on any atom is -0.373 e. The molecule has 21 heavy (non-hydrogen) atoms. The molecule has 0 bridgehead atoms. The third-order valence-electron chi connectivity index (χ3n) is 4.73. The molecule has 1 saturated carbocycles. The van der Waals surface area contributed by atoms with Crippen LogP contribution in [0.15, 0.2) is 24.3 Å². The maximum Gasteiger partial charge on any atom is 0.0876 e. The summed E-state index contributed by atoms with van der Waals surface area (Å²) >= 11 is 0. The van der Waals surface area contributed by atoms with Crippen molar-refractivity contribution in [2.45, 2.75) is 70.9 Å². The summed E-state index contributed by atoms with van der Waals surface area (Å²) in [5.74, 6) is 0. The van der Waals surface area contributed by atoms with E-state index in [0.29, 0.717) is 6.04 Å². The van der Waals surface area contributed by atoms with Gasteiger partial charge in [0.1, 0.15) is 0 Å². The van der Waals surface area contributed by atoms with Crippen molar-refractivity contribution in [3.8, 4) is 0 Å². The Balaban J connectivity index is 2.32. The summed E-state index contributed by atoms with van der Waals surface area (Å²) < 4.78 is 6.39. The van der Waals surface area contributed by atoms with Crippen LogP contribution in [0.3, 0.4) is 0 Å². The van der Waals surface area contributed by atoms with E-state index in [2.05, 4.69) is 50.4 Å². The van der Waals surface area contributed by atoms with E-state index in [1.165, 1.54) is 49.7 Å². The molecule has 118 valence electrons. The van der Waals surface area contributed by atoms with Crippen molar-refractivity contribution in [2.75, 3.05) is 13.2 Å². The van der Waals surface area contributed by atoms with E-state index < -0.39 is 0 Å². The lowest BCUT2D eigenvalue weighted by Gasteiger charge is -2.41. The average molecular weight is 289 g/mol. The van der Waals surface area contributed by atoms with Crippen LogP contribution in [0.4, 0.5) is 0 Å². The Morgan fingerprint density at radius 3 is 2.19 bits per heavy atom. The molecule has 2 heteroatoms. The second kappa shape index (κ2) is 7.95. The zero-order chi connectivity index (χ0) is 15.1. The van der Waals surface area contributed by atoms with Gasteiger partial charge in [0, 0.05) is 6.61 Å². The summed E-state index contributed by atoms with van der Waals surface area (Å²) in [6.45, 7) is 8.25. The van der Waals surface area contributed by atoms with Crippen molar-refractivity contribution in [3.63, 3.8) is 0 Å². The van der Waals surface area contributed by atoms with Crippen LogP contribution in [0.25, 0.3) is 0 Å². The topological polar surface area (TPSA) is 21.3 Å². The van der Waals surface area contributed by atoms with Crippen molar-refractivity contribution in [1.82, 2.24) is 5.32 Å². The van der Waals surface area contributed by atoms with Crippen LogP contribution in [0.5, 0.6) is 0 Å². The SMILES string of the molecule is CCNC(c1ccc(C)cc1)C1(OCC)CCCCCC1. The molecule has 0 saturated heterocycles. The van der Waals surface area contributed by atoms with Gasteiger partial charge in [-0.15, -0.1) is 0 Å². The lowest BCUT2D eigenvalue weighted by atomic mass is 9.81. The molecule has 1 aromatic carbocycles. The van der Waals surface area contributed by atoms with Crippen LogP contribution in [0, 0.1) is 6.92 Å². The number of benzene rings is 1. The van der Waals surface area contributed by atoms with Crippen molar-refractivity contribution >= 4 is 0 Å². The van der Waals surface area contributed by atoms with Gasteiger partial charge >= 0.3 is 0 Å². The van der Waals surface area contributed by atoms with Crippen molar-refractivity contribution in [3.05, 3.63) is 35.4 Å². The predicted molar refractivity (Wildman–Crippen MR) is 89.7 cm³/mol. The van der Waals surface area contributed by atoms with Crippen LogP contribution < -0.4 is 5.32 Å². The smallest absolute Gasteiger partial charge is 0.0876 e. The van der Waals surface area contributed by atoms with Gasteiger partial charge in [-0.25, -0.2) is 0 Å². The highest BCUT2D eigenvalue weighted by Gasteiger charge is 2.40. The fourth-order valence-electron chi connectivity index (χ4n) is 3.70. The Hall–Kier alpha value is -0.860. The molecule has 2 nitrogen and oxygen atoms in total. The first kappa shape index (κ1) is 16.5. The van der Waals surface area contributed by atoms with Gasteiger partial charge in [0.05, 0.1) is 11.6 Å². The molecule has 0 aliphatic heterocycles. The van der Waals surface area contributed by atoms with Gasteiger partial charge < -0.3 is 10.1 Å². The summed E-state index contributed by atoms with van der Waals surface area (Å²) in [7, 11) is 0. The van der Waals surface area contributed by atoms with Gasteiger partial charge in [0.15, 0.2) is 0 Å². The minimum atomic E-state index is -0.0312. The van der Waals surface area contributed by atoms with E-state index in [1.54, 1.807) is 0 Å². The third kappa shape index (κ3) is 4.08. The molecule has 0 spiro atoms. The normalized spacial score (nSPS) is 20.0. The summed E-state index contributed by atoms with van der Waals surface area (Å²) in [5, 5.41) is 3.72. The standard InChI is InChI=1S/C19H31NO/c1-4-20-18(17-12-10-16(3)11-13-17)19(21-5-2)14-8-6-7-9-15-19/h10-13,18,20H,4-9,14-15H2,1-3H3. The first-order valence-corrected chi connectivity index (χ1v) is 8.66. The highest BCUT2D eigenvalue weighted by molar-refractivity contribution is 5.26. The largest absolute Gasteiger partial charge is 0.373 e. The molecular weight excluding hydrogens is 258 g/mol. The third-order valence-corrected chi connectivity index (χ3v) is 4.73. The summed E-state index contributed by atoms with van der Waals surface area (Å²) in [6.07, 6.45) is 7.61. The van der Waals surface area contributed by atoms with E-state index in [0.717, 1.165) is 13.2 Å². The van der Waals surface area contributed by atoms with Crippen molar-refractivity contribution in [2.24, 2.45) is 0 Å². The second-order valence-corrected chi connectivity index (χ2v) is 6.31. The number of hydrogen-bond donors (Lipinski definition) is 1. The Morgan fingerprint density at radius 1 is 1.05 bits per heavy atom. The van der Waals surface area contributed by atoms with E-state index in [-0.39, 0.29) is 5.60 Å². The minimum absolute atomic E-state index is 0.0312. The maximum atomic E-state index is 6.39. The number of nitrogens with one attached hydrogen (secondary N) is 1. The lowest BCUT2D eigenvalue weighted by Crippen LogP contribution is -2.46. The van der Waals surface area contributed by atoms with Gasteiger partial charge in [-0.2, -0.15) is 0 Å². The van der Waals surface area contributed by atoms with Crippen LogP contribution in [-0.2, 0) is 4.74 Å². The molecule has 0 amide bonds. The molecule has 0 radical (unpaired) electrons. The fourth-order valence-corrected chi connectivity index (χ4v) is 3.70. The van der Waals surface area contributed by atoms with E-state index in [1.807, 2.05) is 0 Å². The molecule has 1 atom stereocenters. The summed E-state index contributed by atoms with van der Waals surface area (Å²) in [6, 6.07) is 9.29. The lowest BCUT2D eigenvalue weighted by molar-refractivity contribution is -0.0779. The molecule has 0 aromatic heterocycles. The highest BCUT2D eigenvalue weighted by Crippen LogP contribution is 2.40. The molecule has 1 N–H and O–H groups in total. The van der Waals surface area contributed by atoms with E-state index >= 15 is 0 Å². The summed E-state index contributed by atoms with van der Waals surface area (Å²) in [4.78, 5) is 0. The predicted octanol–water partition coefficient (Wildman–Crippen LogP) is 4.78. The molecule has 2 rings (SSSR count). The molecule has 1 unspecified atom stereocenters. The molecule has 0 heterocycles. The zero-order valence-corrected chi connectivity index (χ0v) is 14.0. The number of aryl methyl sites for hydroxylation is 1. The number of hydrogen-bond acceptors (Lipinski definition) is 2. The molecular formula is C19H31NO. The molecule has 1 aromatic rings. The van der Waals surface area contributed by atoms with Crippen LogP contribution in [0.1, 0.15) is 69.5 Å². The molecule has 1 fully saturated rings. The zero-order valence-electron chi connectivity index (χ0n) is 14.0. The van der Waals surface area contributed by atoms with Crippen molar-refractivity contribution < 1.29 is 4.74 Å². The number of ether oxygens (including phenoxy) is 1. The van der Waals surface area contributed by atoms with E-state index in [4.69, 9.17) is 4.74 Å².